The van der Waals surface area contributed by atoms with Crippen molar-refractivity contribution in [3.8, 4) is 0 Å². The van der Waals surface area contributed by atoms with Crippen LogP contribution in [0.4, 0.5) is 0 Å². The van der Waals surface area contributed by atoms with Gasteiger partial charge in [0.05, 0.1) is 5.92 Å². The highest BCUT2D eigenvalue weighted by atomic mass is 35.5. The highest BCUT2D eigenvalue weighted by molar-refractivity contribution is 6.30. The average molecular weight is 296 g/mol. The van der Waals surface area contributed by atoms with Crippen LogP contribution in [0.5, 0.6) is 0 Å². The second-order valence-electron chi connectivity index (χ2n) is 5.45. The van der Waals surface area contributed by atoms with Gasteiger partial charge in [-0.1, -0.05) is 30.7 Å². The van der Waals surface area contributed by atoms with Gasteiger partial charge in [-0.2, -0.15) is 0 Å². The van der Waals surface area contributed by atoms with Gasteiger partial charge in [0.1, 0.15) is 0 Å². The summed E-state index contributed by atoms with van der Waals surface area (Å²) < 4.78 is 0. The van der Waals surface area contributed by atoms with Crippen LogP contribution in [0.3, 0.4) is 0 Å². The fourth-order valence-electron chi connectivity index (χ4n) is 2.39. The molecule has 1 unspecified atom stereocenters. The van der Waals surface area contributed by atoms with Crippen molar-refractivity contribution in [1.82, 2.24) is 5.32 Å². The Hall–Kier alpha value is -1.55. The number of carbonyl (C=O) groups is 2. The number of amides is 1. The molecule has 1 aliphatic rings. The van der Waals surface area contributed by atoms with E-state index in [1.165, 1.54) is 0 Å². The van der Waals surface area contributed by atoms with Crippen LogP contribution in [0.15, 0.2) is 24.3 Å². The molecule has 0 heterocycles. The first-order chi connectivity index (χ1) is 9.45. The Balaban J connectivity index is 1.80. The van der Waals surface area contributed by atoms with Gasteiger partial charge in [-0.15, -0.1) is 0 Å². The minimum atomic E-state index is -0.775. The lowest BCUT2D eigenvalue weighted by Gasteiger charge is -2.33. The predicted octanol–water partition coefficient (Wildman–Crippen LogP) is 2.50. The minimum absolute atomic E-state index is 0.00501. The molecule has 0 aromatic heterocycles. The number of carbonyl (C=O) groups excluding carboxylic acids is 1. The smallest absolute Gasteiger partial charge is 0.306 e. The van der Waals surface area contributed by atoms with E-state index >= 15 is 0 Å². The van der Waals surface area contributed by atoms with Crippen molar-refractivity contribution in [2.24, 2.45) is 11.8 Å². The molecule has 2 rings (SSSR count). The zero-order chi connectivity index (χ0) is 14.7. The molecule has 1 aromatic rings. The second kappa shape index (κ2) is 6.27. The summed E-state index contributed by atoms with van der Waals surface area (Å²) in [6.45, 7) is 1.86. The van der Waals surface area contributed by atoms with Crippen LogP contribution < -0.4 is 5.32 Å². The van der Waals surface area contributed by atoms with Gasteiger partial charge in [-0.05, 0) is 37.0 Å². The molecule has 1 fully saturated rings. The molecule has 1 saturated carbocycles. The lowest BCUT2D eigenvalue weighted by Crippen LogP contribution is -2.48. The highest BCUT2D eigenvalue weighted by Gasteiger charge is 2.35. The summed E-state index contributed by atoms with van der Waals surface area (Å²) in [4.78, 5) is 22.7. The molecule has 0 aliphatic heterocycles. The maximum absolute atomic E-state index is 12.0. The normalized spacial score (nSPS) is 22.7. The van der Waals surface area contributed by atoms with E-state index in [-0.39, 0.29) is 23.8 Å². The maximum Gasteiger partial charge on any atom is 0.306 e. The van der Waals surface area contributed by atoms with Gasteiger partial charge in [0.15, 0.2) is 0 Å². The molecule has 2 N–H and O–H groups in total. The fraction of sp³-hybridized carbons (Fsp3) is 0.467. The first-order valence-corrected chi connectivity index (χ1v) is 7.11. The third kappa shape index (κ3) is 3.73. The van der Waals surface area contributed by atoms with Crippen molar-refractivity contribution < 1.29 is 14.7 Å². The van der Waals surface area contributed by atoms with E-state index in [2.05, 4.69) is 5.32 Å². The number of hydrogen-bond acceptors (Lipinski definition) is 2. The van der Waals surface area contributed by atoms with Gasteiger partial charge in [-0.25, -0.2) is 0 Å². The summed E-state index contributed by atoms with van der Waals surface area (Å²) in [5.41, 5.74) is 1.03. The summed E-state index contributed by atoms with van der Waals surface area (Å²) in [6.07, 6.45) is 1.69. The summed E-state index contributed by atoms with van der Waals surface area (Å²) in [5.74, 6) is -1.26. The molecule has 5 heteroatoms. The van der Waals surface area contributed by atoms with Crippen molar-refractivity contribution in [2.45, 2.75) is 32.2 Å². The van der Waals surface area contributed by atoms with E-state index in [0.717, 1.165) is 5.56 Å². The Labute approximate surface area is 123 Å². The lowest BCUT2D eigenvalue weighted by molar-refractivity contribution is -0.146. The summed E-state index contributed by atoms with van der Waals surface area (Å²) in [6, 6.07) is 7.47. The predicted molar refractivity (Wildman–Crippen MR) is 76.6 cm³/mol. The van der Waals surface area contributed by atoms with Crippen LogP contribution in [0.2, 0.25) is 5.02 Å². The number of benzene rings is 1. The third-order valence-electron chi connectivity index (χ3n) is 3.71. The van der Waals surface area contributed by atoms with Gasteiger partial charge < -0.3 is 10.4 Å². The molecule has 1 aliphatic carbocycles. The van der Waals surface area contributed by atoms with E-state index in [1.807, 2.05) is 25.1 Å². The molecule has 20 heavy (non-hydrogen) atoms. The minimum Gasteiger partial charge on any atom is -0.481 e. The molecule has 0 bridgehead atoms. The van der Waals surface area contributed by atoms with E-state index in [1.54, 1.807) is 6.07 Å². The van der Waals surface area contributed by atoms with Gasteiger partial charge in [0.2, 0.25) is 5.91 Å². The van der Waals surface area contributed by atoms with Gasteiger partial charge in [-0.3, -0.25) is 9.59 Å². The van der Waals surface area contributed by atoms with Crippen molar-refractivity contribution in [1.29, 1.82) is 0 Å². The Bertz CT molecular complexity index is 512. The van der Waals surface area contributed by atoms with Crippen molar-refractivity contribution in [3.05, 3.63) is 34.9 Å². The monoisotopic (exact) mass is 295 g/mol. The van der Waals surface area contributed by atoms with Crippen molar-refractivity contribution in [3.63, 3.8) is 0 Å². The summed E-state index contributed by atoms with van der Waals surface area (Å²) >= 11 is 5.91. The first-order valence-electron chi connectivity index (χ1n) is 6.73. The van der Waals surface area contributed by atoms with Crippen LogP contribution in [0, 0.1) is 11.8 Å². The largest absolute Gasteiger partial charge is 0.481 e. The van der Waals surface area contributed by atoms with Crippen LogP contribution >= 0.6 is 11.6 Å². The topological polar surface area (TPSA) is 66.4 Å². The van der Waals surface area contributed by atoms with Gasteiger partial charge in [0.25, 0.3) is 0 Å². The second-order valence-corrected chi connectivity index (χ2v) is 5.88. The molecule has 1 atom stereocenters. The molecule has 0 spiro atoms. The molecule has 0 radical (unpaired) electrons. The van der Waals surface area contributed by atoms with Crippen LogP contribution in [-0.2, 0) is 16.0 Å². The van der Waals surface area contributed by atoms with E-state index in [0.29, 0.717) is 24.3 Å². The number of rotatable bonds is 5. The van der Waals surface area contributed by atoms with Gasteiger partial charge in [0, 0.05) is 17.0 Å². The van der Waals surface area contributed by atoms with Crippen LogP contribution in [0.25, 0.3) is 0 Å². The molecule has 1 aromatic carbocycles. The Morgan fingerprint density at radius 3 is 2.75 bits per heavy atom. The van der Waals surface area contributed by atoms with E-state index < -0.39 is 5.97 Å². The molecular weight excluding hydrogens is 278 g/mol. The maximum atomic E-state index is 12.0. The lowest BCUT2D eigenvalue weighted by atomic mass is 9.80. The third-order valence-corrected chi connectivity index (χ3v) is 3.95. The molecule has 1 amide bonds. The molecule has 4 nitrogen and oxygen atoms in total. The quantitative estimate of drug-likeness (QED) is 0.877. The number of aliphatic carboxylic acids is 1. The van der Waals surface area contributed by atoms with Crippen molar-refractivity contribution >= 4 is 23.5 Å². The summed E-state index contributed by atoms with van der Waals surface area (Å²) in [5, 5.41) is 12.4. The average Bonchev–Trinajstić information content (AvgIpc) is 2.32. The molecule has 108 valence electrons. The fourth-order valence-corrected chi connectivity index (χ4v) is 2.60. The number of nitrogens with one attached hydrogen (secondary N) is 1. The zero-order valence-electron chi connectivity index (χ0n) is 11.3. The zero-order valence-corrected chi connectivity index (χ0v) is 12.1. The number of hydrogen-bond donors (Lipinski definition) is 2. The molecular formula is C15H18ClNO3. The first kappa shape index (κ1) is 14.9. The SMILES string of the molecule is CC(Cc1cccc(Cl)c1)C(=O)NC1CC(C(=O)O)C1. The number of carboxylic acid groups (broad SMARTS) is 1. The number of carboxylic acids is 1. The summed E-state index contributed by atoms with van der Waals surface area (Å²) in [7, 11) is 0. The van der Waals surface area contributed by atoms with E-state index in [4.69, 9.17) is 16.7 Å². The van der Waals surface area contributed by atoms with Crippen LogP contribution in [-0.4, -0.2) is 23.0 Å². The number of halogens is 1. The molecule has 0 saturated heterocycles. The van der Waals surface area contributed by atoms with Crippen LogP contribution in [0.1, 0.15) is 25.3 Å². The van der Waals surface area contributed by atoms with E-state index in [9.17, 15) is 9.59 Å². The van der Waals surface area contributed by atoms with Gasteiger partial charge >= 0.3 is 5.97 Å². The Kier molecular flexibility index (Phi) is 4.65. The highest BCUT2D eigenvalue weighted by Crippen LogP contribution is 2.27. The van der Waals surface area contributed by atoms with Crippen molar-refractivity contribution in [2.75, 3.05) is 0 Å². The Morgan fingerprint density at radius 2 is 2.15 bits per heavy atom. The standard InChI is InChI=1S/C15H18ClNO3/c1-9(5-10-3-2-4-12(16)6-10)14(18)17-13-7-11(8-13)15(19)20/h2-4,6,9,11,13H,5,7-8H2,1H3,(H,17,18)(H,19,20). The Morgan fingerprint density at radius 1 is 1.45 bits per heavy atom.